The first-order chi connectivity index (χ1) is 13.9. The number of benzene rings is 1. The summed E-state index contributed by atoms with van der Waals surface area (Å²) in [7, 11) is 1.30. The van der Waals surface area contributed by atoms with E-state index in [-0.39, 0.29) is 0 Å². The van der Waals surface area contributed by atoms with Crippen LogP contribution in [0.5, 0.6) is 0 Å². The molecular formula is C19H27N7O2S. The van der Waals surface area contributed by atoms with Crippen LogP contribution in [0.25, 0.3) is 0 Å². The average molecular weight is 418 g/mol. The predicted molar refractivity (Wildman–Crippen MR) is 113 cm³/mol. The fourth-order valence-corrected chi connectivity index (χ4v) is 4.29. The van der Waals surface area contributed by atoms with Gasteiger partial charge in [0.2, 0.25) is 16.0 Å². The molecule has 156 valence electrons. The van der Waals surface area contributed by atoms with Crippen LogP contribution in [0, 0.1) is 0 Å². The number of hydrogen-bond donors (Lipinski definition) is 1. The van der Waals surface area contributed by atoms with Crippen molar-refractivity contribution in [1.29, 1.82) is 0 Å². The van der Waals surface area contributed by atoms with Gasteiger partial charge in [0.25, 0.3) is 0 Å². The van der Waals surface area contributed by atoms with E-state index in [0.717, 1.165) is 38.1 Å². The fraction of sp³-hybridized carbons (Fsp3) is 0.421. The minimum atomic E-state index is -3.51. The molecule has 0 saturated carbocycles. The van der Waals surface area contributed by atoms with Crippen LogP contribution in [0.15, 0.2) is 52.6 Å². The summed E-state index contributed by atoms with van der Waals surface area (Å²) in [5.41, 5.74) is 0.707. The second-order valence-electron chi connectivity index (χ2n) is 6.82. The number of aliphatic imine (C=N–C) groups is 1. The Morgan fingerprint density at radius 1 is 1.10 bits per heavy atom. The van der Waals surface area contributed by atoms with Crippen molar-refractivity contribution in [3.8, 4) is 0 Å². The van der Waals surface area contributed by atoms with E-state index >= 15 is 0 Å². The quantitative estimate of drug-likeness (QED) is 0.563. The van der Waals surface area contributed by atoms with E-state index in [1.165, 1.54) is 18.4 Å². The van der Waals surface area contributed by atoms with Gasteiger partial charge in [0.1, 0.15) is 0 Å². The van der Waals surface area contributed by atoms with Crippen molar-refractivity contribution in [2.45, 2.75) is 11.4 Å². The van der Waals surface area contributed by atoms with Gasteiger partial charge in [0.05, 0.1) is 4.90 Å². The molecule has 0 bridgehead atoms. The van der Waals surface area contributed by atoms with Crippen LogP contribution in [0.4, 0.5) is 5.95 Å². The summed E-state index contributed by atoms with van der Waals surface area (Å²) in [4.78, 5) is 17.6. The highest BCUT2D eigenvalue weighted by Crippen LogP contribution is 2.18. The zero-order valence-corrected chi connectivity index (χ0v) is 17.8. The number of guanidine groups is 1. The topological polar surface area (TPSA) is 94.0 Å². The standard InChI is InChI=1S/C19H27N7O2S/c1-20-18(25-11-13-26(14-12-25)19-21-9-6-10-22-19)23-15-16-7-4-5-8-17(16)29(27,28)24(2)3/h4-10H,11-15H2,1-3H3,(H,20,23). The second-order valence-corrected chi connectivity index (χ2v) is 8.94. The van der Waals surface area contributed by atoms with Crippen LogP contribution >= 0.6 is 0 Å². The lowest BCUT2D eigenvalue weighted by atomic mass is 10.2. The Hall–Kier alpha value is -2.72. The van der Waals surface area contributed by atoms with Crippen LogP contribution in [0.2, 0.25) is 0 Å². The van der Waals surface area contributed by atoms with E-state index in [4.69, 9.17) is 0 Å². The molecule has 1 aromatic heterocycles. The molecule has 0 aliphatic carbocycles. The molecule has 0 radical (unpaired) electrons. The van der Waals surface area contributed by atoms with Crippen molar-refractivity contribution in [3.05, 3.63) is 48.3 Å². The first-order valence-electron chi connectivity index (χ1n) is 9.41. The zero-order chi connectivity index (χ0) is 20.9. The SMILES string of the molecule is CN=C(NCc1ccccc1S(=O)(=O)N(C)C)N1CCN(c2ncccn2)CC1. The van der Waals surface area contributed by atoms with E-state index < -0.39 is 10.0 Å². The number of rotatable bonds is 5. The molecule has 0 atom stereocenters. The number of sulfonamides is 1. The Balaban J connectivity index is 1.64. The molecule has 3 rings (SSSR count). The Kier molecular flexibility index (Phi) is 6.65. The maximum absolute atomic E-state index is 12.6. The Bertz CT molecular complexity index is 940. The first kappa shape index (κ1) is 21.0. The molecule has 1 aliphatic rings. The van der Waals surface area contributed by atoms with Gasteiger partial charge in [-0.3, -0.25) is 4.99 Å². The summed E-state index contributed by atoms with van der Waals surface area (Å²) < 4.78 is 26.4. The second kappa shape index (κ2) is 9.19. The minimum Gasteiger partial charge on any atom is -0.352 e. The normalized spacial score (nSPS) is 15.7. The van der Waals surface area contributed by atoms with Crippen LogP contribution in [-0.4, -0.2) is 80.9 Å². The zero-order valence-electron chi connectivity index (χ0n) is 17.0. The van der Waals surface area contributed by atoms with E-state index in [9.17, 15) is 8.42 Å². The van der Waals surface area contributed by atoms with Gasteiger partial charge in [0.15, 0.2) is 5.96 Å². The molecule has 29 heavy (non-hydrogen) atoms. The third kappa shape index (κ3) is 4.83. The molecule has 10 heteroatoms. The third-order valence-electron chi connectivity index (χ3n) is 4.79. The Labute approximate surface area is 172 Å². The van der Waals surface area contributed by atoms with E-state index in [1.807, 2.05) is 12.1 Å². The van der Waals surface area contributed by atoms with Crippen LogP contribution in [0.3, 0.4) is 0 Å². The molecule has 1 aliphatic heterocycles. The monoisotopic (exact) mass is 417 g/mol. The average Bonchev–Trinajstić information content (AvgIpc) is 2.75. The predicted octanol–water partition coefficient (Wildman–Crippen LogP) is 0.625. The Morgan fingerprint density at radius 2 is 1.76 bits per heavy atom. The van der Waals surface area contributed by atoms with Crippen molar-refractivity contribution < 1.29 is 8.42 Å². The molecule has 2 aromatic rings. The summed E-state index contributed by atoms with van der Waals surface area (Å²) in [6, 6.07) is 8.83. The van der Waals surface area contributed by atoms with Gasteiger partial charge >= 0.3 is 0 Å². The lowest BCUT2D eigenvalue weighted by molar-refractivity contribution is 0.370. The van der Waals surface area contributed by atoms with Gasteiger partial charge in [-0.1, -0.05) is 18.2 Å². The number of hydrogen-bond acceptors (Lipinski definition) is 6. The third-order valence-corrected chi connectivity index (χ3v) is 6.71. The molecule has 9 nitrogen and oxygen atoms in total. The molecular weight excluding hydrogens is 390 g/mol. The number of nitrogens with one attached hydrogen (secondary N) is 1. The number of nitrogens with zero attached hydrogens (tertiary/aromatic N) is 6. The first-order valence-corrected chi connectivity index (χ1v) is 10.9. The maximum atomic E-state index is 12.6. The molecule has 1 N–H and O–H groups in total. The van der Waals surface area contributed by atoms with E-state index in [1.54, 1.807) is 37.6 Å². The van der Waals surface area contributed by atoms with Crippen LogP contribution in [-0.2, 0) is 16.6 Å². The highest BCUT2D eigenvalue weighted by Gasteiger charge is 2.23. The van der Waals surface area contributed by atoms with E-state index in [2.05, 4.69) is 30.1 Å². The number of aromatic nitrogens is 2. The molecule has 1 fully saturated rings. The van der Waals surface area contributed by atoms with Gasteiger partial charge in [-0.25, -0.2) is 22.7 Å². The van der Waals surface area contributed by atoms with Gasteiger partial charge in [0, 0.05) is 66.3 Å². The van der Waals surface area contributed by atoms with Crippen molar-refractivity contribution in [2.75, 3.05) is 52.2 Å². The molecule has 1 saturated heterocycles. The van der Waals surface area contributed by atoms with Crippen molar-refractivity contribution in [1.82, 2.24) is 24.5 Å². The summed E-state index contributed by atoms with van der Waals surface area (Å²) in [6.45, 7) is 3.50. The smallest absolute Gasteiger partial charge is 0.242 e. The summed E-state index contributed by atoms with van der Waals surface area (Å²) in [5.74, 6) is 1.48. The largest absolute Gasteiger partial charge is 0.352 e. The van der Waals surface area contributed by atoms with Crippen LogP contribution < -0.4 is 10.2 Å². The van der Waals surface area contributed by atoms with Crippen molar-refractivity contribution >= 4 is 21.9 Å². The van der Waals surface area contributed by atoms with E-state index in [0.29, 0.717) is 17.0 Å². The molecule has 0 amide bonds. The van der Waals surface area contributed by atoms with Gasteiger partial charge in [-0.15, -0.1) is 0 Å². The van der Waals surface area contributed by atoms with Gasteiger partial charge in [-0.2, -0.15) is 0 Å². The number of piperazine rings is 1. The summed E-state index contributed by atoms with van der Waals surface area (Å²) in [6.07, 6.45) is 3.49. The summed E-state index contributed by atoms with van der Waals surface area (Å²) >= 11 is 0. The van der Waals surface area contributed by atoms with Gasteiger partial charge < -0.3 is 15.1 Å². The number of anilines is 1. The highest BCUT2D eigenvalue weighted by molar-refractivity contribution is 7.89. The lowest BCUT2D eigenvalue weighted by Crippen LogP contribution is -2.52. The van der Waals surface area contributed by atoms with Gasteiger partial charge in [-0.05, 0) is 17.7 Å². The van der Waals surface area contributed by atoms with Crippen molar-refractivity contribution in [2.24, 2.45) is 4.99 Å². The summed E-state index contributed by atoms with van der Waals surface area (Å²) in [5, 5.41) is 3.30. The molecule has 0 spiro atoms. The Morgan fingerprint density at radius 3 is 2.38 bits per heavy atom. The lowest BCUT2D eigenvalue weighted by Gasteiger charge is -2.36. The molecule has 1 aromatic carbocycles. The van der Waals surface area contributed by atoms with Crippen molar-refractivity contribution in [3.63, 3.8) is 0 Å². The fourth-order valence-electron chi connectivity index (χ4n) is 3.18. The maximum Gasteiger partial charge on any atom is 0.242 e. The minimum absolute atomic E-state index is 0.305. The van der Waals surface area contributed by atoms with Crippen LogP contribution in [0.1, 0.15) is 5.56 Å². The molecule has 2 heterocycles. The highest BCUT2D eigenvalue weighted by atomic mass is 32.2. The molecule has 0 unspecified atom stereocenters.